The molecule has 2 rings (SSSR count). The first kappa shape index (κ1) is 15.8. The number of nitrogens with zero attached hydrogens (tertiary/aromatic N) is 2. The summed E-state index contributed by atoms with van der Waals surface area (Å²) in [6.45, 7) is 5.48. The lowest BCUT2D eigenvalue weighted by Gasteiger charge is -2.36. The maximum absolute atomic E-state index is 12.8. The Morgan fingerprint density at radius 1 is 1.15 bits per heavy atom. The summed E-state index contributed by atoms with van der Waals surface area (Å²) in [7, 11) is 0. The fraction of sp³-hybridized carbons (Fsp3) is 0.938. The lowest BCUT2D eigenvalue weighted by molar-refractivity contribution is -0.137. The fourth-order valence-corrected chi connectivity index (χ4v) is 3.77. The smallest absolute Gasteiger partial charge is 0.239 e. The highest BCUT2D eigenvalue weighted by Crippen LogP contribution is 2.25. The molecule has 1 saturated heterocycles. The van der Waals surface area contributed by atoms with Crippen molar-refractivity contribution in [1.82, 2.24) is 9.80 Å². The third-order valence-electron chi connectivity index (χ3n) is 4.95. The van der Waals surface area contributed by atoms with Crippen molar-refractivity contribution in [2.45, 2.75) is 70.4 Å². The zero-order valence-electron chi connectivity index (χ0n) is 13.0. The van der Waals surface area contributed by atoms with Gasteiger partial charge in [-0.05, 0) is 32.6 Å². The molecule has 116 valence electrons. The van der Waals surface area contributed by atoms with Crippen LogP contribution >= 0.6 is 0 Å². The molecule has 0 aromatic rings. The Morgan fingerprint density at radius 2 is 1.75 bits per heavy atom. The molecule has 0 radical (unpaired) electrons. The number of amides is 1. The second kappa shape index (κ2) is 7.99. The summed E-state index contributed by atoms with van der Waals surface area (Å²) in [6.07, 6.45) is 9.94. The van der Waals surface area contributed by atoms with Gasteiger partial charge in [0.05, 0.1) is 6.04 Å². The number of carbonyl (C=O) groups excluding carboxylic acids is 1. The molecule has 1 unspecified atom stereocenters. The molecule has 4 nitrogen and oxygen atoms in total. The molecule has 2 fully saturated rings. The van der Waals surface area contributed by atoms with Crippen LogP contribution in [0.15, 0.2) is 0 Å². The largest absolute Gasteiger partial charge is 0.341 e. The van der Waals surface area contributed by atoms with Crippen LogP contribution in [-0.2, 0) is 4.79 Å². The second-order valence-electron chi connectivity index (χ2n) is 6.38. The molecule has 2 N–H and O–H groups in total. The van der Waals surface area contributed by atoms with Gasteiger partial charge in [-0.1, -0.05) is 25.7 Å². The predicted octanol–water partition coefficient (Wildman–Crippen LogP) is 1.98. The molecule has 20 heavy (non-hydrogen) atoms. The molecule has 1 atom stereocenters. The molecule has 0 spiro atoms. The van der Waals surface area contributed by atoms with Gasteiger partial charge >= 0.3 is 0 Å². The molecule has 4 heteroatoms. The van der Waals surface area contributed by atoms with Gasteiger partial charge in [-0.25, -0.2) is 0 Å². The van der Waals surface area contributed by atoms with Crippen LogP contribution in [0.25, 0.3) is 0 Å². The van der Waals surface area contributed by atoms with Crippen LogP contribution in [0.1, 0.15) is 58.3 Å². The zero-order chi connectivity index (χ0) is 14.4. The Bertz CT molecular complexity index is 294. The Morgan fingerprint density at radius 3 is 2.30 bits per heavy atom. The molecule has 1 aliphatic carbocycles. The lowest BCUT2D eigenvalue weighted by atomic mass is 10.1. The minimum absolute atomic E-state index is 0.000231. The van der Waals surface area contributed by atoms with Crippen LogP contribution in [0.2, 0.25) is 0 Å². The highest BCUT2D eigenvalue weighted by atomic mass is 16.2. The van der Waals surface area contributed by atoms with E-state index in [-0.39, 0.29) is 6.04 Å². The Balaban J connectivity index is 1.97. The van der Waals surface area contributed by atoms with E-state index in [4.69, 9.17) is 5.73 Å². The highest BCUT2D eigenvalue weighted by Gasteiger charge is 2.31. The predicted molar refractivity (Wildman–Crippen MR) is 82.5 cm³/mol. The van der Waals surface area contributed by atoms with E-state index in [9.17, 15) is 4.79 Å². The zero-order valence-corrected chi connectivity index (χ0v) is 13.0. The average Bonchev–Trinajstić information content (AvgIpc) is 2.85. The lowest BCUT2D eigenvalue weighted by Crippen LogP contribution is -2.52. The molecular formula is C16H31N3O. The Kier molecular flexibility index (Phi) is 6.30. The summed E-state index contributed by atoms with van der Waals surface area (Å²) in [4.78, 5) is 17.2. The molecule has 0 aromatic heterocycles. The number of carbonyl (C=O) groups is 1. The summed E-state index contributed by atoms with van der Waals surface area (Å²) in [6, 6.07) is 0.573. The molecule has 0 bridgehead atoms. The summed E-state index contributed by atoms with van der Waals surface area (Å²) >= 11 is 0. The van der Waals surface area contributed by atoms with Crippen LogP contribution < -0.4 is 5.73 Å². The van der Waals surface area contributed by atoms with Gasteiger partial charge < -0.3 is 10.6 Å². The van der Waals surface area contributed by atoms with Crippen molar-refractivity contribution in [1.29, 1.82) is 0 Å². The summed E-state index contributed by atoms with van der Waals surface area (Å²) in [5, 5.41) is 0. The Hall–Kier alpha value is -0.610. The number of hydrogen-bond donors (Lipinski definition) is 1. The van der Waals surface area contributed by atoms with Gasteiger partial charge in [-0.3, -0.25) is 9.69 Å². The first-order chi connectivity index (χ1) is 9.74. The molecule has 2 aliphatic rings. The first-order valence-corrected chi connectivity index (χ1v) is 8.48. The van der Waals surface area contributed by atoms with Crippen LogP contribution in [0.5, 0.6) is 0 Å². The van der Waals surface area contributed by atoms with Crippen molar-refractivity contribution in [3.8, 4) is 0 Å². The summed E-state index contributed by atoms with van der Waals surface area (Å²) in [5.74, 6) is 0.326. The van der Waals surface area contributed by atoms with E-state index in [1.807, 2.05) is 0 Å². The van der Waals surface area contributed by atoms with Gasteiger partial charge in [0.1, 0.15) is 0 Å². The summed E-state index contributed by atoms with van der Waals surface area (Å²) < 4.78 is 0. The van der Waals surface area contributed by atoms with Gasteiger partial charge in [0.2, 0.25) is 5.91 Å². The van der Waals surface area contributed by atoms with Crippen molar-refractivity contribution in [2.24, 2.45) is 5.73 Å². The van der Waals surface area contributed by atoms with E-state index in [2.05, 4.69) is 16.7 Å². The summed E-state index contributed by atoms with van der Waals surface area (Å²) in [5.41, 5.74) is 5.77. The number of hydrogen-bond acceptors (Lipinski definition) is 3. The van der Waals surface area contributed by atoms with Gasteiger partial charge in [-0.15, -0.1) is 0 Å². The van der Waals surface area contributed by atoms with Crippen molar-refractivity contribution in [2.75, 3.05) is 26.2 Å². The molecule has 1 saturated carbocycles. The van der Waals surface area contributed by atoms with Crippen LogP contribution in [0.3, 0.4) is 0 Å². The van der Waals surface area contributed by atoms with E-state index in [1.165, 1.54) is 51.4 Å². The maximum Gasteiger partial charge on any atom is 0.239 e. The first-order valence-electron chi connectivity index (χ1n) is 8.48. The monoisotopic (exact) mass is 281 g/mol. The van der Waals surface area contributed by atoms with E-state index in [0.717, 1.165) is 19.6 Å². The van der Waals surface area contributed by atoms with Crippen molar-refractivity contribution >= 4 is 5.91 Å². The minimum atomic E-state index is -0.000231. The third kappa shape index (κ3) is 3.95. The van der Waals surface area contributed by atoms with E-state index in [1.54, 1.807) is 0 Å². The van der Waals surface area contributed by atoms with Crippen molar-refractivity contribution in [3.63, 3.8) is 0 Å². The van der Waals surface area contributed by atoms with Gasteiger partial charge in [-0.2, -0.15) is 0 Å². The minimum Gasteiger partial charge on any atom is -0.341 e. The molecule has 1 heterocycles. The molecule has 0 aromatic carbocycles. The van der Waals surface area contributed by atoms with Gasteiger partial charge in [0.15, 0.2) is 0 Å². The fourth-order valence-electron chi connectivity index (χ4n) is 3.77. The van der Waals surface area contributed by atoms with Crippen LogP contribution in [0, 0.1) is 0 Å². The van der Waals surface area contributed by atoms with Gasteiger partial charge in [0, 0.05) is 32.2 Å². The quantitative estimate of drug-likeness (QED) is 0.838. The maximum atomic E-state index is 12.8. The van der Waals surface area contributed by atoms with Crippen molar-refractivity contribution in [3.05, 3.63) is 0 Å². The molecular weight excluding hydrogens is 250 g/mol. The second-order valence-corrected chi connectivity index (χ2v) is 6.38. The van der Waals surface area contributed by atoms with Crippen LogP contribution in [0.4, 0.5) is 0 Å². The van der Waals surface area contributed by atoms with E-state index >= 15 is 0 Å². The number of rotatable bonds is 5. The SMILES string of the molecule is CC(C(=O)N1CCCCCC1)N(CCN)C1CCCC1. The standard InChI is InChI=1S/C16H31N3O/c1-14(16(20)18-11-6-2-3-7-12-18)19(13-10-17)15-8-4-5-9-15/h14-15H,2-13,17H2,1H3. The topological polar surface area (TPSA) is 49.6 Å². The number of likely N-dealkylation sites (tertiary alicyclic amines) is 1. The normalized spacial score (nSPS) is 23.1. The third-order valence-corrected chi connectivity index (χ3v) is 4.95. The van der Waals surface area contributed by atoms with Crippen molar-refractivity contribution < 1.29 is 4.79 Å². The van der Waals surface area contributed by atoms with E-state index < -0.39 is 0 Å². The molecule has 1 aliphatic heterocycles. The Labute approximate surface area is 123 Å². The highest BCUT2D eigenvalue weighted by molar-refractivity contribution is 5.81. The van der Waals surface area contributed by atoms with Gasteiger partial charge in [0.25, 0.3) is 0 Å². The number of nitrogens with two attached hydrogens (primary N) is 1. The van der Waals surface area contributed by atoms with Crippen LogP contribution in [-0.4, -0.2) is 54.0 Å². The van der Waals surface area contributed by atoms with E-state index in [0.29, 0.717) is 18.5 Å². The molecule has 1 amide bonds. The average molecular weight is 281 g/mol.